The summed E-state index contributed by atoms with van der Waals surface area (Å²) >= 11 is 0. The van der Waals surface area contributed by atoms with E-state index in [1.165, 1.54) is 19.1 Å². The number of aryl methyl sites for hydroxylation is 1. The van der Waals surface area contributed by atoms with Crippen molar-refractivity contribution in [3.05, 3.63) is 29.3 Å². The van der Waals surface area contributed by atoms with Crippen LogP contribution in [0.15, 0.2) is 12.1 Å². The van der Waals surface area contributed by atoms with Gasteiger partial charge in [0.05, 0.1) is 17.5 Å². The summed E-state index contributed by atoms with van der Waals surface area (Å²) in [5, 5.41) is 26.7. The molecule has 5 heteroatoms. The van der Waals surface area contributed by atoms with Crippen LogP contribution in [0.1, 0.15) is 17.5 Å². The molecule has 0 fully saturated rings. The zero-order chi connectivity index (χ0) is 10.7. The van der Waals surface area contributed by atoms with Crippen molar-refractivity contribution < 1.29 is 14.6 Å². The highest BCUT2D eigenvalue weighted by Gasteiger charge is 2.19. The second-order valence-electron chi connectivity index (χ2n) is 2.82. The Morgan fingerprint density at radius 2 is 2.14 bits per heavy atom. The Morgan fingerprint density at radius 3 is 2.64 bits per heavy atom. The molecule has 14 heavy (non-hydrogen) atoms. The van der Waals surface area contributed by atoms with Crippen LogP contribution in [-0.4, -0.2) is 21.3 Å². The smallest absolute Gasteiger partial charge is 0.171 e. The van der Waals surface area contributed by atoms with Crippen molar-refractivity contribution in [3.8, 4) is 6.07 Å². The van der Waals surface area contributed by atoms with Gasteiger partial charge in [0, 0.05) is 0 Å². The van der Waals surface area contributed by atoms with Gasteiger partial charge in [0.15, 0.2) is 6.10 Å². The van der Waals surface area contributed by atoms with E-state index in [-0.39, 0.29) is 11.4 Å². The predicted molar refractivity (Wildman–Crippen MR) is 45.5 cm³/mol. The molecule has 1 heterocycles. The maximum Gasteiger partial charge on any atom is 0.171 e. The highest BCUT2D eigenvalue weighted by Crippen LogP contribution is 2.15. The highest BCUT2D eigenvalue weighted by molar-refractivity contribution is 5.16. The van der Waals surface area contributed by atoms with Crippen molar-refractivity contribution in [2.75, 3.05) is 0 Å². The minimum atomic E-state index is -1.55. The average molecular weight is 196 g/mol. The van der Waals surface area contributed by atoms with E-state index < -0.39 is 18.0 Å². The quantitative estimate of drug-likeness (QED) is 0.673. The molecule has 0 saturated heterocycles. The first kappa shape index (κ1) is 10.6. The summed E-state index contributed by atoms with van der Waals surface area (Å²) in [6, 6.07) is 3.83. The maximum atomic E-state index is 12.8. The molecule has 0 spiro atoms. The zero-order valence-electron chi connectivity index (χ0n) is 7.48. The van der Waals surface area contributed by atoms with Gasteiger partial charge in [-0.25, -0.2) is 4.39 Å². The monoisotopic (exact) mass is 196 g/mol. The normalized spacial score (nSPS) is 14.5. The van der Waals surface area contributed by atoms with Crippen LogP contribution in [0.2, 0.25) is 0 Å². The molecule has 0 radical (unpaired) electrons. The minimum absolute atomic E-state index is 0.0814. The lowest BCUT2D eigenvalue weighted by atomic mass is 10.1. The van der Waals surface area contributed by atoms with Crippen molar-refractivity contribution in [2.45, 2.75) is 19.1 Å². The van der Waals surface area contributed by atoms with Gasteiger partial charge in [0.2, 0.25) is 0 Å². The van der Waals surface area contributed by atoms with E-state index in [9.17, 15) is 9.50 Å². The maximum absolute atomic E-state index is 12.8. The number of rotatable bonds is 2. The van der Waals surface area contributed by atoms with Crippen LogP contribution >= 0.6 is 0 Å². The van der Waals surface area contributed by atoms with Gasteiger partial charge in [-0.3, -0.25) is 4.98 Å². The van der Waals surface area contributed by atoms with E-state index in [2.05, 4.69) is 4.98 Å². The number of nitriles is 1. The number of halogens is 1. The summed E-state index contributed by atoms with van der Waals surface area (Å²) in [4.78, 5) is 3.71. The second-order valence-corrected chi connectivity index (χ2v) is 2.82. The Morgan fingerprint density at radius 1 is 1.50 bits per heavy atom. The third kappa shape index (κ3) is 2.05. The van der Waals surface area contributed by atoms with Crippen molar-refractivity contribution in [1.29, 1.82) is 5.26 Å². The molecule has 2 N–H and O–H groups in total. The Balaban J connectivity index is 2.98. The number of aromatic nitrogens is 1. The lowest BCUT2D eigenvalue weighted by Gasteiger charge is -2.11. The molecule has 74 valence electrons. The van der Waals surface area contributed by atoms with Gasteiger partial charge < -0.3 is 10.2 Å². The molecule has 1 rings (SSSR count). The van der Waals surface area contributed by atoms with E-state index in [0.29, 0.717) is 0 Å². The first-order valence-electron chi connectivity index (χ1n) is 3.95. The molecular weight excluding hydrogens is 187 g/mol. The molecule has 1 aromatic rings. The topological polar surface area (TPSA) is 77.1 Å². The molecule has 4 nitrogen and oxygen atoms in total. The van der Waals surface area contributed by atoms with Gasteiger partial charge in [-0.2, -0.15) is 5.26 Å². The molecular formula is C9H9FN2O2. The van der Waals surface area contributed by atoms with Gasteiger partial charge in [-0.15, -0.1) is 0 Å². The van der Waals surface area contributed by atoms with Crippen molar-refractivity contribution >= 4 is 0 Å². The fraction of sp³-hybridized carbons (Fsp3) is 0.333. The molecule has 0 amide bonds. The third-order valence-electron chi connectivity index (χ3n) is 1.78. The highest BCUT2D eigenvalue weighted by atomic mass is 19.1. The Hall–Kier alpha value is -1.51. The SMILES string of the molecule is Cc1nc(C(O)C(O)C#N)ccc1F. The van der Waals surface area contributed by atoms with E-state index in [4.69, 9.17) is 10.4 Å². The van der Waals surface area contributed by atoms with Gasteiger partial charge in [-0.1, -0.05) is 0 Å². The number of pyridine rings is 1. The summed E-state index contributed by atoms with van der Waals surface area (Å²) in [6.07, 6.45) is -2.95. The Kier molecular flexibility index (Phi) is 3.12. The van der Waals surface area contributed by atoms with Crippen LogP contribution in [0, 0.1) is 24.1 Å². The van der Waals surface area contributed by atoms with E-state index in [0.717, 1.165) is 6.07 Å². The van der Waals surface area contributed by atoms with Crippen molar-refractivity contribution in [1.82, 2.24) is 4.98 Å². The van der Waals surface area contributed by atoms with E-state index in [1.54, 1.807) is 0 Å². The number of hydrogen-bond acceptors (Lipinski definition) is 4. The van der Waals surface area contributed by atoms with Crippen LogP contribution in [-0.2, 0) is 0 Å². The summed E-state index contributed by atoms with van der Waals surface area (Å²) in [5.41, 5.74) is 0.199. The first-order valence-corrected chi connectivity index (χ1v) is 3.95. The summed E-state index contributed by atoms with van der Waals surface area (Å²) in [5.74, 6) is -0.493. The van der Waals surface area contributed by atoms with Gasteiger partial charge in [0.25, 0.3) is 0 Å². The lowest BCUT2D eigenvalue weighted by molar-refractivity contribution is 0.0497. The van der Waals surface area contributed by atoms with Crippen LogP contribution in [0.3, 0.4) is 0 Å². The molecule has 2 atom stereocenters. The van der Waals surface area contributed by atoms with Crippen LogP contribution < -0.4 is 0 Å². The first-order chi connectivity index (χ1) is 6.56. The Bertz CT molecular complexity index is 376. The number of aliphatic hydroxyl groups is 2. The van der Waals surface area contributed by atoms with Crippen molar-refractivity contribution in [2.24, 2.45) is 0 Å². The summed E-state index contributed by atoms with van der Waals surface area (Å²) in [6.45, 7) is 1.43. The zero-order valence-corrected chi connectivity index (χ0v) is 7.48. The standard InChI is InChI=1S/C9H9FN2O2/c1-5-6(10)2-3-7(12-5)9(14)8(13)4-11/h2-3,8-9,13-14H,1H3. The van der Waals surface area contributed by atoms with Crippen LogP contribution in [0.25, 0.3) is 0 Å². The molecule has 0 bridgehead atoms. The predicted octanol–water partition coefficient (Wildman–Crippen LogP) is 0.447. The average Bonchev–Trinajstić information content (AvgIpc) is 2.20. The largest absolute Gasteiger partial charge is 0.383 e. The third-order valence-corrected chi connectivity index (χ3v) is 1.78. The van der Waals surface area contributed by atoms with Gasteiger partial charge >= 0.3 is 0 Å². The van der Waals surface area contributed by atoms with Gasteiger partial charge in [0.1, 0.15) is 11.9 Å². The van der Waals surface area contributed by atoms with Gasteiger partial charge in [-0.05, 0) is 19.1 Å². The molecule has 0 saturated carbocycles. The van der Waals surface area contributed by atoms with Crippen LogP contribution in [0.4, 0.5) is 4.39 Å². The summed E-state index contributed by atoms with van der Waals surface area (Å²) in [7, 11) is 0. The molecule has 0 aliphatic carbocycles. The molecule has 0 aliphatic heterocycles. The van der Waals surface area contributed by atoms with Crippen LogP contribution in [0.5, 0.6) is 0 Å². The minimum Gasteiger partial charge on any atom is -0.383 e. The molecule has 2 unspecified atom stereocenters. The number of aliphatic hydroxyl groups excluding tert-OH is 2. The number of hydrogen-bond donors (Lipinski definition) is 2. The van der Waals surface area contributed by atoms with E-state index in [1.807, 2.05) is 0 Å². The second kappa shape index (κ2) is 4.13. The molecule has 0 aliphatic rings. The van der Waals surface area contributed by atoms with Crippen molar-refractivity contribution in [3.63, 3.8) is 0 Å². The molecule has 1 aromatic heterocycles. The molecule has 0 aromatic carbocycles. The summed E-state index contributed by atoms with van der Waals surface area (Å²) < 4.78 is 12.8. The Labute approximate surface area is 80.3 Å². The fourth-order valence-electron chi connectivity index (χ4n) is 0.961. The van der Waals surface area contributed by atoms with E-state index >= 15 is 0 Å². The lowest BCUT2D eigenvalue weighted by Crippen LogP contribution is -2.17. The fourth-order valence-corrected chi connectivity index (χ4v) is 0.961. The number of nitrogens with zero attached hydrogens (tertiary/aromatic N) is 2.